The van der Waals surface area contributed by atoms with E-state index >= 15 is 0 Å². The van der Waals surface area contributed by atoms with Gasteiger partial charge >= 0.3 is 0 Å². The number of methoxy groups -OCH3 is 1. The highest BCUT2D eigenvalue weighted by atomic mass is 16.5. The minimum absolute atomic E-state index is 0.170. The number of hydrogen-bond donors (Lipinski definition) is 2. The van der Waals surface area contributed by atoms with Crippen LogP contribution in [0.15, 0.2) is 65.7 Å². The van der Waals surface area contributed by atoms with E-state index < -0.39 is 0 Å². The fourth-order valence-electron chi connectivity index (χ4n) is 3.72. The predicted molar refractivity (Wildman–Crippen MR) is 126 cm³/mol. The van der Waals surface area contributed by atoms with Crippen molar-refractivity contribution in [3.63, 3.8) is 0 Å². The topological polar surface area (TPSA) is 85.9 Å². The third-order valence-electron chi connectivity index (χ3n) is 5.48. The van der Waals surface area contributed by atoms with Crippen LogP contribution in [0.3, 0.4) is 0 Å². The van der Waals surface area contributed by atoms with Crippen molar-refractivity contribution in [2.24, 2.45) is 4.99 Å². The van der Waals surface area contributed by atoms with E-state index in [2.05, 4.69) is 47.6 Å². The summed E-state index contributed by atoms with van der Waals surface area (Å²) >= 11 is 0. The number of amides is 1. The molecule has 4 rings (SSSR count). The number of nitrogen functional groups attached to an aromatic ring is 1. The van der Waals surface area contributed by atoms with E-state index in [1.807, 2.05) is 12.1 Å². The van der Waals surface area contributed by atoms with Gasteiger partial charge in [-0.05, 0) is 60.4 Å². The van der Waals surface area contributed by atoms with Crippen molar-refractivity contribution >= 4 is 17.5 Å². The lowest BCUT2D eigenvalue weighted by Crippen LogP contribution is -2.23. The lowest BCUT2D eigenvalue weighted by molar-refractivity contribution is 0.0950. The number of aryl methyl sites for hydroxylation is 1. The van der Waals surface area contributed by atoms with Gasteiger partial charge in [-0.3, -0.25) is 4.79 Å². The summed E-state index contributed by atoms with van der Waals surface area (Å²) < 4.78 is 10.8. The maximum Gasteiger partial charge on any atom is 0.251 e. The van der Waals surface area contributed by atoms with Crippen LogP contribution in [-0.4, -0.2) is 32.1 Å². The van der Waals surface area contributed by atoms with Gasteiger partial charge in [0.2, 0.25) is 5.90 Å². The fourth-order valence-corrected chi connectivity index (χ4v) is 3.72. The van der Waals surface area contributed by atoms with Crippen LogP contribution in [0, 0.1) is 6.92 Å². The minimum atomic E-state index is -0.170. The second kappa shape index (κ2) is 9.56. The van der Waals surface area contributed by atoms with E-state index in [1.165, 1.54) is 23.8 Å². The summed E-state index contributed by atoms with van der Waals surface area (Å²) in [5.41, 5.74) is 12.5. The molecule has 0 fully saturated rings. The first-order valence-electron chi connectivity index (χ1n) is 10.6. The Kier molecular flexibility index (Phi) is 6.40. The highest BCUT2D eigenvalue weighted by molar-refractivity contribution is 5.95. The molecule has 0 aromatic heterocycles. The molecule has 3 aromatic rings. The van der Waals surface area contributed by atoms with Crippen molar-refractivity contribution in [1.82, 2.24) is 5.32 Å². The minimum Gasteiger partial charge on any atom is -0.495 e. The summed E-state index contributed by atoms with van der Waals surface area (Å²) in [6, 6.07) is 19.6. The third kappa shape index (κ3) is 4.91. The SMILES string of the molecule is COc1cc(C(=O)NCc2ccc(C)cc2Cc2ccc(C3=NCCO3)cc2)ccc1N. The number of benzene rings is 3. The number of carbonyl (C=O) groups excluding carboxylic acids is 1. The molecular weight excluding hydrogens is 402 g/mol. The molecule has 164 valence electrons. The Morgan fingerprint density at radius 3 is 2.62 bits per heavy atom. The van der Waals surface area contributed by atoms with Crippen LogP contribution < -0.4 is 15.8 Å². The Morgan fingerprint density at radius 1 is 1.09 bits per heavy atom. The number of aliphatic imine (C=N–C) groups is 1. The summed E-state index contributed by atoms with van der Waals surface area (Å²) in [5, 5.41) is 3.01. The highest BCUT2D eigenvalue weighted by Gasteiger charge is 2.12. The number of carbonyl (C=O) groups is 1. The molecule has 0 aliphatic carbocycles. The number of ether oxygens (including phenoxy) is 2. The molecule has 32 heavy (non-hydrogen) atoms. The zero-order valence-electron chi connectivity index (χ0n) is 18.4. The Labute approximate surface area is 188 Å². The van der Waals surface area contributed by atoms with E-state index in [4.69, 9.17) is 15.2 Å². The molecule has 1 aliphatic rings. The van der Waals surface area contributed by atoms with Crippen molar-refractivity contribution < 1.29 is 14.3 Å². The van der Waals surface area contributed by atoms with Crippen LogP contribution in [-0.2, 0) is 17.7 Å². The number of rotatable bonds is 7. The normalized spacial score (nSPS) is 12.8. The summed E-state index contributed by atoms with van der Waals surface area (Å²) in [5.74, 6) is 1.04. The zero-order valence-corrected chi connectivity index (χ0v) is 18.4. The highest BCUT2D eigenvalue weighted by Crippen LogP contribution is 2.22. The maximum atomic E-state index is 12.7. The number of nitrogens with two attached hydrogens (primary N) is 1. The van der Waals surface area contributed by atoms with Crippen LogP contribution in [0.1, 0.15) is 38.2 Å². The molecule has 0 spiro atoms. The zero-order chi connectivity index (χ0) is 22.5. The van der Waals surface area contributed by atoms with Crippen LogP contribution in [0.25, 0.3) is 0 Å². The van der Waals surface area contributed by atoms with E-state index in [-0.39, 0.29) is 5.91 Å². The van der Waals surface area contributed by atoms with Gasteiger partial charge in [-0.15, -0.1) is 0 Å². The Bertz CT molecular complexity index is 1150. The second-order valence-electron chi connectivity index (χ2n) is 7.82. The quantitative estimate of drug-likeness (QED) is 0.558. The smallest absolute Gasteiger partial charge is 0.251 e. The number of nitrogens with zero attached hydrogens (tertiary/aromatic N) is 1. The van der Waals surface area contributed by atoms with Crippen molar-refractivity contribution in [3.05, 3.63) is 94.0 Å². The average molecular weight is 430 g/mol. The molecule has 1 aliphatic heterocycles. The van der Waals surface area contributed by atoms with Gasteiger partial charge in [0, 0.05) is 17.7 Å². The Balaban J connectivity index is 1.47. The molecule has 0 atom stereocenters. The maximum absolute atomic E-state index is 12.7. The molecule has 0 radical (unpaired) electrons. The monoisotopic (exact) mass is 429 g/mol. The molecule has 1 amide bonds. The van der Waals surface area contributed by atoms with E-state index in [1.54, 1.807) is 18.2 Å². The largest absolute Gasteiger partial charge is 0.495 e. The summed E-state index contributed by atoms with van der Waals surface area (Å²) in [4.78, 5) is 17.0. The Morgan fingerprint density at radius 2 is 1.91 bits per heavy atom. The van der Waals surface area contributed by atoms with Crippen LogP contribution >= 0.6 is 0 Å². The molecule has 6 nitrogen and oxygen atoms in total. The van der Waals surface area contributed by atoms with E-state index in [9.17, 15) is 4.79 Å². The van der Waals surface area contributed by atoms with Gasteiger partial charge < -0.3 is 20.5 Å². The van der Waals surface area contributed by atoms with Crippen LogP contribution in [0.5, 0.6) is 5.75 Å². The molecule has 1 heterocycles. The lowest BCUT2D eigenvalue weighted by atomic mass is 9.97. The molecule has 3 aromatic carbocycles. The fraction of sp³-hybridized carbons (Fsp3) is 0.231. The molecule has 0 saturated heterocycles. The van der Waals surface area contributed by atoms with Gasteiger partial charge in [-0.2, -0.15) is 0 Å². The number of anilines is 1. The first-order chi connectivity index (χ1) is 15.5. The van der Waals surface area contributed by atoms with Gasteiger partial charge in [-0.1, -0.05) is 35.9 Å². The van der Waals surface area contributed by atoms with Gasteiger partial charge in [0.1, 0.15) is 12.4 Å². The van der Waals surface area contributed by atoms with Crippen molar-refractivity contribution in [1.29, 1.82) is 0 Å². The lowest BCUT2D eigenvalue weighted by Gasteiger charge is -2.13. The van der Waals surface area contributed by atoms with Crippen LogP contribution in [0.2, 0.25) is 0 Å². The first-order valence-corrected chi connectivity index (χ1v) is 10.6. The summed E-state index contributed by atoms with van der Waals surface area (Å²) in [6.45, 7) is 3.88. The molecule has 3 N–H and O–H groups in total. The second-order valence-corrected chi connectivity index (χ2v) is 7.82. The summed E-state index contributed by atoms with van der Waals surface area (Å²) in [6.07, 6.45) is 0.774. The molecule has 0 unspecified atom stereocenters. The molecular formula is C26H27N3O3. The molecule has 0 saturated carbocycles. The van der Waals surface area contributed by atoms with Crippen molar-refractivity contribution in [3.8, 4) is 5.75 Å². The number of hydrogen-bond acceptors (Lipinski definition) is 5. The average Bonchev–Trinajstić information content (AvgIpc) is 3.34. The van der Waals surface area contributed by atoms with Gasteiger partial charge in [0.15, 0.2) is 0 Å². The van der Waals surface area contributed by atoms with Gasteiger partial charge in [0.25, 0.3) is 5.91 Å². The number of nitrogens with one attached hydrogen (secondary N) is 1. The van der Waals surface area contributed by atoms with Crippen molar-refractivity contribution in [2.45, 2.75) is 19.9 Å². The predicted octanol–water partition coefficient (Wildman–Crippen LogP) is 3.88. The Hall–Kier alpha value is -3.80. The van der Waals surface area contributed by atoms with E-state index in [0.29, 0.717) is 30.2 Å². The third-order valence-corrected chi connectivity index (χ3v) is 5.48. The summed E-state index contributed by atoms with van der Waals surface area (Å²) in [7, 11) is 1.53. The molecule has 6 heteroatoms. The van der Waals surface area contributed by atoms with Gasteiger partial charge in [0.05, 0.1) is 19.3 Å². The van der Waals surface area contributed by atoms with Crippen LogP contribution in [0.4, 0.5) is 5.69 Å². The van der Waals surface area contributed by atoms with E-state index in [0.717, 1.165) is 30.0 Å². The van der Waals surface area contributed by atoms with Gasteiger partial charge in [-0.25, -0.2) is 4.99 Å². The first kappa shape index (κ1) is 21.4. The standard InChI is InChI=1S/C26H27N3O3/c1-17-3-6-21(16-29-25(30)20-9-10-23(27)24(15-20)31-2)22(13-17)14-18-4-7-19(8-5-18)26-28-11-12-32-26/h3-10,13,15H,11-12,14,16,27H2,1-2H3,(H,29,30). The van der Waals surface area contributed by atoms with Crippen molar-refractivity contribution in [2.75, 3.05) is 26.0 Å². The molecule has 0 bridgehead atoms.